The summed E-state index contributed by atoms with van der Waals surface area (Å²) in [6.45, 7) is 3.32. The smallest absolute Gasteiger partial charge is 0.193 e. The Kier molecular flexibility index (Phi) is 7.02. The topological polar surface area (TPSA) is 49.8 Å². The van der Waals surface area contributed by atoms with Crippen molar-refractivity contribution in [2.45, 2.75) is 19.6 Å². The van der Waals surface area contributed by atoms with Gasteiger partial charge in [-0.05, 0) is 24.6 Å². The molecule has 0 saturated carbocycles. The summed E-state index contributed by atoms with van der Waals surface area (Å²) in [5, 5.41) is 7.20. The molecule has 5 nitrogen and oxygen atoms in total. The van der Waals surface area contributed by atoms with Gasteiger partial charge in [-0.1, -0.05) is 23.7 Å². The second-order valence-corrected chi connectivity index (χ2v) is 6.92. The van der Waals surface area contributed by atoms with Crippen LogP contribution in [0.25, 0.3) is 0 Å². The van der Waals surface area contributed by atoms with Crippen molar-refractivity contribution >= 4 is 28.9 Å². The monoisotopic (exact) mass is 366 g/mol. The van der Waals surface area contributed by atoms with Gasteiger partial charge in [0.2, 0.25) is 0 Å². The first-order chi connectivity index (χ1) is 11.5. The Morgan fingerprint density at radius 2 is 2.29 bits per heavy atom. The molecule has 1 N–H and O–H groups in total. The lowest BCUT2D eigenvalue weighted by molar-refractivity contribution is 0.106. The molecule has 0 aliphatic rings. The lowest BCUT2D eigenvalue weighted by Gasteiger charge is -2.24. The first kappa shape index (κ1) is 18.7. The molecule has 0 spiro atoms. The molecule has 1 aromatic carbocycles. The van der Waals surface area contributed by atoms with Crippen molar-refractivity contribution in [2.24, 2.45) is 4.99 Å². The quantitative estimate of drug-likeness (QED) is 0.628. The molecule has 130 valence electrons. The van der Waals surface area contributed by atoms with Crippen molar-refractivity contribution in [1.82, 2.24) is 15.2 Å². The van der Waals surface area contributed by atoms with E-state index in [2.05, 4.69) is 20.7 Å². The molecule has 2 rings (SSSR count). The van der Waals surface area contributed by atoms with Crippen LogP contribution < -0.4 is 5.32 Å². The van der Waals surface area contributed by atoms with Crippen LogP contribution in [0.1, 0.15) is 22.4 Å². The largest absolute Gasteiger partial charge is 0.375 e. The summed E-state index contributed by atoms with van der Waals surface area (Å²) in [6.07, 6.45) is -0.102. The van der Waals surface area contributed by atoms with Crippen LogP contribution in [0.5, 0.6) is 0 Å². The maximum Gasteiger partial charge on any atom is 0.193 e. The minimum atomic E-state index is -0.102. The predicted molar refractivity (Wildman–Crippen MR) is 101 cm³/mol. The Labute approximate surface area is 152 Å². The molecule has 2 aromatic rings. The van der Waals surface area contributed by atoms with Crippen molar-refractivity contribution in [3.8, 4) is 0 Å². The first-order valence-electron chi connectivity index (χ1n) is 7.64. The first-order valence-corrected chi connectivity index (χ1v) is 8.90. The molecule has 0 radical (unpaired) electrons. The van der Waals surface area contributed by atoms with Gasteiger partial charge in [0.15, 0.2) is 5.96 Å². The number of nitrogens with one attached hydrogen (secondary N) is 1. The van der Waals surface area contributed by atoms with Crippen molar-refractivity contribution in [1.29, 1.82) is 0 Å². The highest BCUT2D eigenvalue weighted by atomic mass is 35.5. The summed E-state index contributed by atoms with van der Waals surface area (Å²) in [6, 6.07) is 7.71. The van der Waals surface area contributed by atoms with Crippen molar-refractivity contribution < 1.29 is 4.74 Å². The van der Waals surface area contributed by atoms with Gasteiger partial charge in [-0.25, -0.2) is 4.98 Å². The van der Waals surface area contributed by atoms with Gasteiger partial charge < -0.3 is 15.0 Å². The molecule has 0 bridgehead atoms. The van der Waals surface area contributed by atoms with Crippen LogP contribution in [-0.4, -0.2) is 43.6 Å². The zero-order chi connectivity index (χ0) is 17.5. The van der Waals surface area contributed by atoms with E-state index in [1.807, 2.05) is 43.1 Å². The molecule has 1 heterocycles. The average Bonchev–Trinajstić information content (AvgIpc) is 2.96. The number of hydrogen-bond donors (Lipinski definition) is 1. The van der Waals surface area contributed by atoms with E-state index in [0.717, 1.165) is 22.2 Å². The van der Waals surface area contributed by atoms with Gasteiger partial charge in [-0.3, -0.25) is 4.99 Å². The van der Waals surface area contributed by atoms with Crippen molar-refractivity contribution in [3.05, 3.63) is 50.9 Å². The highest BCUT2D eigenvalue weighted by molar-refractivity contribution is 7.09. The summed E-state index contributed by atoms with van der Waals surface area (Å²) < 4.78 is 5.58. The van der Waals surface area contributed by atoms with Gasteiger partial charge in [-0.2, -0.15) is 0 Å². The minimum absolute atomic E-state index is 0.102. The third-order valence-electron chi connectivity index (χ3n) is 3.59. The number of aromatic nitrogens is 1. The van der Waals surface area contributed by atoms with E-state index in [-0.39, 0.29) is 6.10 Å². The number of hydrogen-bond acceptors (Lipinski definition) is 4. The molecule has 0 amide bonds. The number of halogens is 1. The number of guanidine groups is 1. The van der Waals surface area contributed by atoms with Crippen LogP contribution in [0.15, 0.2) is 34.6 Å². The lowest BCUT2D eigenvalue weighted by Crippen LogP contribution is -2.40. The predicted octanol–water partition coefficient (Wildman–Crippen LogP) is 3.50. The van der Waals surface area contributed by atoms with Crippen LogP contribution in [0.2, 0.25) is 5.02 Å². The summed E-state index contributed by atoms with van der Waals surface area (Å²) in [5.41, 5.74) is 2.08. The van der Waals surface area contributed by atoms with Gasteiger partial charge in [0.05, 0.1) is 23.4 Å². The summed E-state index contributed by atoms with van der Waals surface area (Å²) >= 11 is 7.72. The number of aryl methyl sites for hydroxylation is 1. The molecule has 1 aromatic heterocycles. The van der Waals surface area contributed by atoms with Crippen LogP contribution in [-0.2, 0) is 11.3 Å². The molecule has 1 atom stereocenters. The van der Waals surface area contributed by atoms with Gasteiger partial charge in [-0.15, -0.1) is 11.3 Å². The Morgan fingerprint density at radius 1 is 1.50 bits per heavy atom. The molecule has 0 aliphatic heterocycles. The molecule has 0 saturated heterocycles. The van der Waals surface area contributed by atoms with Crippen LogP contribution in [0.4, 0.5) is 0 Å². The molecular weight excluding hydrogens is 344 g/mol. The fourth-order valence-corrected chi connectivity index (χ4v) is 3.21. The number of thiazole rings is 1. The summed E-state index contributed by atoms with van der Waals surface area (Å²) in [5.74, 6) is 0.796. The van der Waals surface area contributed by atoms with Crippen molar-refractivity contribution in [3.63, 3.8) is 0 Å². The molecule has 24 heavy (non-hydrogen) atoms. The third-order valence-corrected chi connectivity index (χ3v) is 4.65. The maximum absolute atomic E-state index is 6.06. The van der Waals surface area contributed by atoms with Gasteiger partial charge in [0.1, 0.15) is 0 Å². The number of benzene rings is 1. The van der Waals surface area contributed by atoms with E-state index < -0.39 is 0 Å². The van der Waals surface area contributed by atoms with Gasteiger partial charge in [0.25, 0.3) is 0 Å². The fourth-order valence-electron chi connectivity index (χ4n) is 2.41. The van der Waals surface area contributed by atoms with E-state index in [0.29, 0.717) is 18.1 Å². The SMILES string of the molecule is CN=C(NCC(OC)c1cccc(Cl)c1)N(C)Cc1csc(C)n1. The molecule has 0 aliphatic carbocycles. The number of methoxy groups -OCH3 is 1. The average molecular weight is 367 g/mol. The molecule has 7 heteroatoms. The molecule has 0 fully saturated rings. The molecule has 1 unspecified atom stereocenters. The highest BCUT2D eigenvalue weighted by Gasteiger charge is 2.14. The minimum Gasteiger partial charge on any atom is -0.375 e. The summed E-state index contributed by atoms with van der Waals surface area (Å²) in [4.78, 5) is 10.9. The number of ether oxygens (including phenoxy) is 1. The van der Waals surface area contributed by atoms with E-state index >= 15 is 0 Å². The second-order valence-electron chi connectivity index (χ2n) is 5.42. The Balaban J connectivity index is 1.96. The number of aliphatic imine (C=N–C) groups is 1. The number of nitrogens with zero attached hydrogens (tertiary/aromatic N) is 3. The van der Waals surface area contributed by atoms with Gasteiger partial charge >= 0.3 is 0 Å². The Morgan fingerprint density at radius 3 is 2.88 bits per heavy atom. The summed E-state index contributed by atoms with van der Waals surface area (Å²) in [7, 11) is 5.45. The fraction of sp³-hybridized carbons (Fsp3) is 0.412. The third kappa shape index (κ3) is 5.19. The van der Waals surface area contributed by atoms with E-state index in [9.17, 15) is 0 Å². The second kappa shape index (κ2) is 9.01. The van der Waals surface area contributed by atoms with Gasteiger partial charge in [0, 0.05) is 38.2 Å². The van der Waals surface area contributed by atoms with Crippen LogP contribution >= 0.6 is 22.9 Å². The lowest BCUT2D eigenvalue weighted by atomic mass is 10.1. The highest BCUT2D eigenvalue weighted by Crippen LogP contribution is 2.20. The normalized spacial score (nSPS) is 13.0. The maximum atomic E-state index is 6.06. The standard InChI is InChI=1S/C17H23ClN4OS/c1-12-21-15(11-24-12)10-22(3)17(19-2)20-9-16(23-4)13-6-5-7-14(18)8-13/h5-8,11,16H,9-10H2,1-4H3,(H,19,20). The molecular formula is C17H23ClN4OS. The Bertz CT molecular complexity index is 689. The van der Waals surface area contributed by atoms with Crippen LogP contribution in [0.3, 0.4) is 0 Å². The zero-order valence-electron chi connectivity index (χ0n) is 14.4. The van der Waals surface area contributed by atoms with E-state index in [1.54, 1.807) is 25.5 Å². The van der Waals surface area contributed by atoms with Crippen LogP contribution in [0, 0.1) is 6.92 Å². The van der Waals surface area contributed by atoms with E-state index in [1.165, 1.54) is 0 Å². The Hall–Kier alpha value is -1.63. The van der Waals surface area contributed by atoms with E-state index in [4.69, 9.17) is 16.3 Å². The zero-order valence-corrected chi connectivity index (χ0v) is 16.0. The van der Waals surface area contributed by atoms with Crippen molar-refractivity contribution in [2.75, 3.05) is 27.7 Å². The number of rotatable bonds is 6.